The van der Waals surface area contributed by atoms with E-state index in [-0.39, 0.29) is 17.7 Å². The van der Waals surface area contributed by atoms with Gasteiger partial charge in [-0.1, -0.05) is 6.07 Å². The smallest absolute Gasteiger partial charge is 0.414 e. The number of nitrogens with two attached hydrogens (primary N) is 1. The molecule has 0 aromatic carbocycles. The highest BCUT2D eigenvalue weighted by atomic mass is 32.1. The van der Waals surface area contributed by atoms with Gasteiger partial charge >= 0.3 is 12.1 Å². The third kappa shape index (κ3) is 2.91. The van der Waals surface area contributed by atoms with Crippen molar-refractivity contribution in [3.63, 3.8) is 0 Å². The van der Waals surface area contributed by atoms with Crippen LogP contribution in [-0.4, -0.2) is 28.2 Å². The molecule has 0 aliphatic heterocycles. The molecule has 0 radical (unpaired) electrons. The topological polar surface area (TPSA) is 128 Å². The number of rotatable bonds is 4. The molecular formula is C12H12N6O3S. The van der Waals surface area contributed by atoms with Gasteiger partial charge in [-0.3, -0.25) is 0 Å². The van der Waals surface area contributed by atoms with E-state index in [4.69, 9.17) is 10.2 Å². The number of amides is 1. The van der Waals surface area contributed by atoms with Gasteiger partial charge in [0.05, 0.1) is 13.7 Å². The van der Waals surface area contributed by atoms with E-state index in [2.05, 4.69) is 30.3 Å². The number of nitrogens with one attached hydrogen (secondary N) is 2. The Bertz CT molecular complexity index is 801. The molecule has 3 aromatic heterocycles. The molecule has 22 heavy (non-hydrogen) atoms. The quantitative estimate of drug-likeness (QED) is 0.666. The maximum Gasteiger partial charge on any atom is 0.414 e. The van der Waals surface area contributed by atoms with Crippen molar-refractivity contribution in [1.82, 2.24) is 15.0 Å². The van der Waals surface area contributed by atoms with Crippen molar-refractivity contribution in [3.8, 4) is 0 Å². The fraction of sp³-hybridized carbons (Fsp3) is 0.167. The molecule has 114 valence electrons. The predicted molar refractivity (Wildman–Crippen MR) is 81.7 cm³/mol. The van der Waals surface area contributed by atoms with Crippen molar-refractivity contribution in [2.45, 2.75) is 6.54 Å². The standard InChI is InChI=1S/C12H12N6O3S/c1-20-12(19)18-11-15-7-8(14-5-6-3-2-4-22-6)16-10(13)17-9(7)21-11/h2-4H,5H2,1H3,(H,15,18,19)(H3,13,14,16,17). The number of methoxy groups -OCH3 is 1. The van der Waals surface area contributed by atoms with Gasteiger partial charge in [0.25, 0.3) is 5.71 Å². The average Bonchev–Trinajstić information content (AvgIpc) is 3.13. The fourth-order valence-electron chi connectivity index (χ4n) is 1.74. The van der Waals surface area contributed by atoms with E-state index < -0.39 is 6.09 Å². The highest BCUT2D eigenvalue weighted by molar-refractivity contribution is 7.09. The molecule has 3 heterocycles. The molecule has 3 aromatic rings. The maximum atomic E-state index is 11.2. The van der Waals surface area contributed by atoms with Gasteiger partial charge in [0.1, 0.15) is 0 Å². The van der Waals surface area contributed by atoms with Crippen molar-refractivity contribution >= 4 is 46.4 Å². The van der Waals surface area contributed by atoms with Crippen molar-refractivity contribution in [1.29, 1.82) is 0 Å². The van der Waals surface area contributed by atoms with E-state index in [1.165, 1.54) is 7.11 Å². The molecule has 0 aliphatic rings. The van der Waals surface area contributed by atoms with Crippen LogP contribution in [0.4, 0.5) is 22.6 Å². The van der Waals surface area contributed by atoms with Crippen LogP contribution in [-0.2, 0) is 11.3 Å². The summed E-state index contributed by atoms with van der Waals surface area (Å²) in [4.78, 5) is 24.5. The summed E-state index contributed by atoms with van der Waals surface area (Å²) in [5.74, 6) is 0.472. The molecule has 0 aliphatic carbocycles. The normalized spacial score (nSPS) is 10.6. The zero-order valence-electron chi connectivity index (χ0n) is 11.5. The zero-order valence-corrected chi connectivity index (χ0v) is 12.3. The van der Waals surface area contributed by atoms with Crippen LogP contribution in [0, 0.1) is 0 Å². The number of thiophene rings is 1. The van der Waals surface area contributed by atoms with E-state index in [1.807, 2.05) is 17.5 Å². The van der Waals surface area contributed by atoms with Crippen LogP contribution in [0.3, 0.4) is 0 Å². The summed E-state index contributed by atoms with van der Waals surface area (Å²) >= 11 is 1.61. The second-order valence-corrected chi connectivity index (χ2v) is 5.18. The van der Waals surface area contributed by atoms with Crippen LogP contribution in [0.25, 0.3) is 11.2 Å². The Morgan fingerprint density at radius 2 is 2.32 bits per heavy atom. The number of nitrogens with zero attached hydrogens (tertiary/aromatic N) is 3. The molecule has 10 heteroatoms. The molecule has 0 bridgehead atoms. The Balaban J connectivity index is 1.89. The van der Waals surface area contributed by atoms with Gasteiger partial charge in [-0.15, -0.1) is 11.3 Å². The number of hydrogen-bond donors (Lipinski definition) is 3. The summed E-state index contributed by atoms with van der Waals surface area (Å²) in [7, 11) is 1.24. The monoisotopic (exact) mass is 320 g/mol. The molecule has 0 saturated heterocycles. The number of carbonyl (C=O) groups excluding carboxylic acids is 1. The fourth-order valence-corrected chi connectivity index (χ4v) is 2.38. The second kappa shape index (κ2) is 5.85. The molecule has 0 saturated carbocycles. The van der Waals surface area contributed by atoms with Gasteiger partial charge in [0.15, 0.2) is 11.3 Å². The molecule has 1 amide bonds. The molecule has 0 fully saturated rings. The minimum absolute atomic E-state index is 0.0408. The van der Waals surface area contributed by atoms with Gasteiger partial charge < -0.3 is 20.2 Å². The van der Waals surface area contributed by atoms with Gasteiger partial charge in [-0.05, 0) is 11.4 Å². The number of carbonyl (C=O) groups is 1. The SMILES string of the molecule is COC(=O)Nc1nc2c(NCc3cccs3)nc(N)nc2o1. The van der Waals surface area contributed by atoms with Gasteiger partial charge in [-0.25, -0.2) is 10.1 Å². The summed E-state index contributed by atoms with van der Waals surface area (Å²) in [5, 5.41) is 7.43. The molecule has 0 atom stereocenters. The van der Waals surface area contributed by atoms with Crippen molar-refractivity contribution < 1.29 is 13.9 Å². The highest BCUT2D eigenvalue weighted by Gasteiger charge is 2.16. The Hall–Kier alpha value is -2.88. The number of anilines is 3. The van der Waals surface area contributed by atoms with E-state index in [0.717, 1.165) is 4.88 Å². The number of nitrogen functional groups attached to an aromatic ring is 1. The summed E-state index contributed by atoms with van der Waals surface area (Å²) < 4.78 is 9.78. The lowest BCUT2D eigenvalue weighted by molar-refractivity contribution is 0.186. The molecule has 9 nitrogen and oxygen atoms in total. The van der Waals surface area contributed by atoms with Crippen molar-refractivity contribution in [3.05, 3.63) is 22.4 Å². The minimum Gasteiger partial charge on any atom is -0.453 e. The number of fused-ring (bicyclic) bond motifs is 1. The Morgan fingerprint density at radius 3 is 3.05 bits per heavy atom. The summed E-state index contributed by atoms with van der Waals surface area (Å²) in [5.41, 5.74) is 6.20. The summed E-state index contributed by atoms with van der Waals surface area (Å²) in [6.07, 6.45) is -0.694. The maximum absolute atomic E-state index is 11.2. The molecular weight excluding hydrogens is 308 g/mol. The molecule has 0 unspecified atom stereocenters. The van der Waals surface area contributed by atoms with Gasteiger partial charge in [0, 0.05) is 4.88 Å². The van der Waals surface area contributed by atoms with E-state index in [0.29, 0.717) is 17.9 Å². The summed E-state index contributed by atoms with van der Waals surface area (Å²) in [6.45, 7) is 0.565. The number of hydrogen-bond acceptors (Lipinski definition) is 9. The highest BCUT2D eigenvalue weighted by Crippen LogP contribution is 2.24. The molecule has 0 spiro atoms. The Morgan fingerprint density at radius 1 is 1.45 bits per heavy atom. The van der Waals surface area contributed by atoms with Crippen LogP contribution < -0.4 is 16.4 Å². The molecule has 3 rings (SSSR count). The summed E-state index contributed by atoms with van der Waals surface area (Å²) in [6, 6.07) is 3.91. The third-order valence-electron chi connectivity index (χ3n) is 2.68. The average molecular weight is 320 g/mol. The van der Waals surface area contributed by atoms with E-state index >= 15 is 0 Å². The second-order valence-electron chi connectivity index (χ2n) is 4.15. The first kappa shape index (κ1) is 14.1. The lowest BCUT2D eigenvalue weighted by atomic mass is 10.4. The number of aromatic nitrogens is 3. The number of ether oxygens (including phenoxy) is 1. The van der Waals surface area contributed by atoms with Crippen LogP contribution >= 0.6 is 11.3 Å². The predicted octanol–water partition coefficient (Wildman–Crippen LogP) is 2.05. The van der Waals surface area contributed by atoms with Crippen LogP contribution in [0.1, 0.15) is 4.88 Å². The Labute approximate surface area is 128 Å². The lowest BCUT2D eigenvalue weighted by Crippen LogP contribution is -2.10. The lowest BCUT2D eigenvalue weighted by Gasteiger charge is -2.04. The van der Waals surface area contributed by atoms with Crippen LogP contribution in [0.5, 0.6) is 0 Å². The minimum atomic E-state index is -0.694. The van der Waals surface area contributed by atoms with Crippen LogP contribution in [0.2, 0.25) is 0 Å². The van der Waals surface area contributed by atoms with E-state index in [9.17, 15) is 4.79 Å². The zero-order chi connectivity index (χ0) is 15.5. The first-order chi connectivity index (χ1) is 10.7. The van der Waals surface area contributed by atoms with E-state index in [1.54, 1.807) is 11.3 Å². The number of oxazole rings is 1. The largest absolute Gasteiger partial charge is 0.453 e. The molecule has 4 N–H and O–H groups in total. The first-order valence-electron chi connectivity index (χ1n) is 6.21. The first-order valence-corrected chi connectivity index (χ1v) is 7.09. The van der Waals surface area contributed by atoms with Crippen LogP contribution in [0.15, 0.2) is 21.9 Å². The van der Waals surface area contributed by atoms with Gasteiger partial charge in [-0.2, -0.15) is 15.0 Å². The third-order valence-corrected chi connectivity index (χ3v) is 3.56. The van der Waals surface area contributed by atoms with Gasteiger partial charge in [0.2, 0.25) is 5.95 Å². The van der Waals surface area contributed by atoms with Crippen molar-refractivity contribution in [2.24, 2.45) is 0 Å². The Kier molecular flexibility index (Phi) is 3.74. The van der Waals surface area contributed by atoms with Crippen molar-refractivity contribution in [2.75, 3.05) is 23.5 Å².